The minimum Gasteiger partial charge on any atom is -0.497 e. The molecule has 0 amide bonds. The van der Waals surface area contributed by atoms with Gasteiger partial charge in [-0.1, -0.05) is 0 Å². The molecule has 166 valence electrons. The van der Waals surface area contributed by atoms with Crippen LogP contribution in [-0.2, 0) is 23.1 Å². The van der Waals surface area contributed by atoms with Crippen molar-refractivity contribution >= 4 is 20.9 Å². The Hall–Kier alpha value is -2.72. The van der Waals surface area contributed by atoms with Crippen molar-refractivity contribution in [3.8, 4) is 5.75 Å². The van der Waals surface area contributed by atoms with Crippen molar-refractivity contribution in [2.24, 2.45) is 5.92 Å². The number of rotatable bonds is 6. The van der Waals surface area contributed by atoms with Gasteiger partial charge in [-0.2, -0.15) is 4.31 Å². The normalized spacial score (nSPS) is 16.1. The van der Waals surface area contributed by atoms with Crippen LogP contribution < -0.4 is 10.3 Å². The van der Waals surface area contributed by atoms with Gasteiger partial charge in [-0.3, -0.25) is 9.36 Å². The number of ether oxygens (including phenoxy) is 1. The average molecular weight is 446 g/mol. The molecular formula is C21H27N5O4S. The van der Waals surface area contributed by atoms with Crippen molar-refractivity contribution < 1.29 is 13.2 Å². The molecule has 0 N–H and O–H groups in total. The largest absolute Gasteiger partial charge is 0.497 e. The molecule has 0 bridgehead atoms. The Morgan fingerprint density at radius 2 is 1.94 bits per heavy atom. The summed E-state index contributed by atoms with van der Waals surface area (Å²) in [5.41, 5.74) is 0.506. The highest BCUT2D eigenvalue weighted by molar-refractivity contribution is 7.89. The number of aryl methyl sites for hydroxylation is 2. The van der Waals surface area contributed by atoms with E-state index in [9.17, 15) is 13.2 Å². The lowest BCUT2D eigenvalue weighted by atomic mass is 9.98. The fourth-order valence-electron chi connectivity index (χ4n) is 4.06. The van der Waals surface area contributed by atoms with E-state index in [1.54, 1.807) is 49.3 Å². The zero-order valence-electron chi connectivity index (χ0n) is 18.0. The summed E-state index contributed by atoms with van der Waals surface area (Å²) < 4.78 is 36.1. The molecule has 3 aromatic rings. The Labute approximate surface area is 181 Å². The van der Waals surface area contributed by atoms with E-state index in [-0.39, 0.29) is 16.5 Å². The molecule has 1 aliphatic heterocycles. The third-order valence-electron chi connectivity index (χ3n) is 5.96. The maximum Gasteiger partial charge on any atom is 0.262 e. The third-order valence-corrected chi connectivity index (χ3v) is 7.73. The van der Waals surface area contributed by atoms with Crippen LogP contribution in [0.5, 0.6) is 5.75 Å². The van der Waals surface area contributed by atoms with Crippen molar-refractivity contribution in [1.29, 1.82) is 0 Å². The lowest BCUT2D eigenvalue weighted by Crippen LogP contribution is -2.40. The molecule has 10 heteroatoms. The lowest BCUT2D eigenvalue weighted by molar-refractivity contribution is 0.250. The van der Waals surface area contributed by atoms with Gasteiger partial charge in [0.15, 0.2) is 5.03 Å². The number of hydrogen-bond donors (Lipinski definition) is 0. The van der Waals surface area contributed by atoms with E-state index in [1.165, 1.54) is 4.31 Å². The van der Waals surface area contributed by atoms with Crippen LogP contribution in [0.4, 0.5) is 0 Å². The maximum absolute atomic E-state index is 13.0. The topological polar surface area (TPSA) is 99.3 Å². The first-order valence-corrected chi connectivity index (χ1v) is 11.8. The monoisotopic (exact) mass is 445 g/mol. The van der Waals surface area contributed by atoms with E-state index < -0.39 is 10.0 Å². The summed E-state index contributed by atoms with van der Waals surface area (Å²) in [6.45, 7) is 5.79. The molecule has 0 radical (unpaired) electrons. The summed E-state index contributed by atoms with van der Waals surface area (Å²) in [6, 6.07) is 5.22. The van der Waals surface area contributed by atoms with Gasteiger partial charge in [-0.15, -0.1) is 0 Å². The van der Waals surface area contributed by atoms with Crippen LogP contribution in [-0.4, -0.2) is 52.0 Å². The molecule has 4 rings (SSSR count). The molecule has 0 aliphatic carbocycles. The Morgan fingerprint density at radius 3 is 2.58 bits per heavy atom. The Kier molecular flexibility index (Phi) is 5.85. The summed E-state index contributed by atoms with van der Waals surface area (Å²) in [5.74, 6) is 1.55. The third kappa shape index (κ3) is 4.09. The molecular weight excluding hydrogens is 418 g/mol. The van der Waals surface area contributed by atoms with Crippen molar-refractivity contribution in [3.05, 3.63) is 46.9 Å². The number of imidazole rings is 1. The van der Waals surface area contributed by atoms with Gasteiger partial charge in [0.05, 0.1) is 24.3 Å². The fourth-order valence-corrected chi connectivity index (χ4v) is 5.53. The number of nitrogens with zero attached hydrogens (tertiary/aromatic N) is 5. The Morgan fingerprint density at radius 1 is 1.19 bits per heavy atom. The van der Waals surface area contributed by atoms with Crippen LogP contribution in [0.15, 0.2) is 40.5 Å². The molecule has 9 nitrogen and oxygen atoms in total. The summed E-state index contributed by atoms with van der Waals surface area (Å²) in [5, 5.41) is 0.654. The van der Waals surface area contributed by atoms with Crippen molar-refractivity contribution in [2.75, 3.05) is 20.2 Å². The minimum absolute atomic E-state index is 0.0942. The number of methoxy groups -OCH3 is 1. The number of benzene rings is 1. The van der Waals surface area contributed by atoms with Crippen LogP contribution in [0.25, 0.3) is 10.9 Å². The number of aromatic nitrogens is 4. The Balaban J connectivity index is 1.45. The first-order valence-electron chi connectivity index (χ1n) is 10.4. The first-order chi connectivity index (χ1) is 14.8. The van der Waals surface area contributed by atoms with E-state index in [2.05, 4.69) is 9.97 Å². The molecule has 1 saturated heterocycles. The van der Waals surface area contributed by atoms with Gasteiger partial charge in [-0.25, -0.2) is 18.4 Å². The fraction of sp³-hybridized carbons (Fsp3) is 0.476. The summed E-state index contributed by atoms with van der Waals surface area (Å²) in [6.07, 6.45) is 4.53. The van der Waals surface area contributed by atoms with Gasteiger partial charge >= 0.3 is 0 Å². The van der Waals surface area contributed by atoms with Gasteiger partial charge in [0.1, 0.15) is 11.6 Å². The highest BCUT2D eigenvalue weighted by Gasteiger charge is 2.31. The van der Waals surface area contributed by atoms with Crippen LogP contribution in [0.1, 0.15) is 25.6 Å². The van der Waals surface area contributed by atoms with Gasteiger partial charge in [0, 0.05) is 38.4 Å². The molecule has 2 aromatic heterocycles. The number of fused-ring (bicyclic) bond motifs is 1. The highest BCUT2D eigenvalue weighted by atomic mass is 32.2. The lowest BCUT2D eigenvalue weighted by Gasteiger charge is -2.30. The summed E-state index contributed by atoms with van der Waals surface area (Å²) in [4.78, 5) is 21.5. The summed E-state index contributed by atoms with van der Waals surface area (Å²) >= 11 is 0. The second-order valence-electron chi connectivity index (χ2n) is 7.84. The van der Waals surface area contributed by atoms with Crippen LogP contribution >= 0.6 is 0 Å². The van der Waals surface area contributed by atoms with E-state index in [4.69, 9.17) is 4.74 Å². The van der Waals surface area contributed by atoms with Crippen LogP contribution in [0.3, 0.4) is 0 Å². The standard InChI is InChI=1S/C21H27N5O4S/c1-4-24-13-20(23-15(24)2)31(28,29)26-9-7-16(8-10-26)12-25-14-22-19-11-17(30-3)5-6-18(19)21(25)27/h5-6,11,13-14,16H,4,7-10,12H2,1-3H3. The van der Waals surface area contributed by atoms with Crippen LogP contribution in [0.2, 0.25) is 0 Å². The van der Waals surface area contributed by atoms with E-state index >= 15 is 0 Å². The quantitative estimate of drug-likeness (QED) is 0.576. The molecule has 1 fully saturated rings. The first kappa shape index (κ1) is 21.5. The van der Waals surface area contributed by atoms with Gasteiger partial charge < -0.3 is 9.30 Å². The van der Waals surface area contributed by atoms with Gasteiger partial charge in [0.2, 0.25) is 0 Å². The van der Waals surface area contributed by atoms with Gasteiger partial charge in [-0.05, 0) is 44.7 Å². The van der Waals surface area contributed by atoms with Crippen LogP contribution in [0, 0.1) is 12.8 Å². The predicted octanol–water partition coefficient (Wildman–Crippen LogP) is 2.03. The molecule has 0 atom stereocenters. The highest BCUT2D eigenvalue weighted by Crippen LogP contribution is 2.25. The van der Waals surface area contributed by atoms with Crippen molar-refractivity contribution in [1.82, 2.24) is 23.4 Å². The second-order valence-corrected chi connectivity index (χ2v) is 9.73. The van der Waals surface area contributed by atoms with E-state index in [1.807, 2.05) is 11.5 Å². The predicted molar refractivity (Wildman–Crippen MR) is 117 cm³/mol. The zero-order chi connectivity index (χ0) is 22.2. The number of piperidine rings is 1. The zero-order valence-corrected chi connectivity index (χ0v) is 18.8. The molecule has 1 aromatic carbocycles. The van der Waals surface area contributed by atoms with Crippen molar-refractivity contribution in [2.45, 2.75) is 44.8 Å². The number of sulfonamides is 1. The molecule has 0 unspecified atom stereocenters. The second kappa shape index (κ2) is 8.43. The minimum atomic E-state index is -3.61. The van der Waals surface area contributed by atoms with Gasteiger partial charge in [0.25, 0.3) is 15.6 Å². The van der Waals surface area contributed by atoms with Crippen molar-refractivity contribution in [3.63, 3.8) is 0 Å². The molecule has 0 spiro atoms. The van der Waals surface area contributed by atoms with E-state index in [0.717, 1.165) is 0 Å². The average Bonchev–Trinajstić information content (AvgIpc) is 3.17. The number of hydrogen-bond acceptors (Lipinski definition) is 6. The molecule has 0 saturated carbocycles. The Bertz CT molecular complexity index is 1260. The summed E-state index contributed by atoms with van der Waals surface area (Å²) in [7, 11) is -2.03. The SMILES string of the molecule is CCn1cc(S(=O)(=O)N2CCC(Cn3cnc4cc(OC)ccc4c3=O)CC2)nc1C. The molecule has 1 aliphatic rings. The smallest absolute Gasteiger partial charge is 0.262 e. The maximum atomic E-state index is 13.0. The molecule has 31 heavy (non-hydrogen) atoms. The van der Waals surface area contributed by atoms with E-state index in [0.29, 0.717) is 61.5 Å². The molecule has 3 heterocycles.